The van der Waals surface area contributed by atoms with E-state index in [4.69, 9.17) is 0 Å². The van der Waals surface area contributed by atoms with Gasteiger partial charge in [-0.2, -0.15) is 5.26 Å². The number of thioether (sulfide) groups is 1. The van der Waals surface area contributed by atoms with Crippen LogP contribution in [0.4, 0.5) is 10.1 Å². The molecule has 0 saturated heterocycles. The number of rotatable bonds is 7. The van der Waals surface area contributed by atoms with Crippen LogP contribution in [0.5, 0.6) is 0 Å². The van der Waals surface area contributed by atoms with Gasteiger partial charge in [-0.15, -0.1) is 0 Å². The summed E-state index contributed by atoms with van der Waals surface area (Å²) >= 11 is 0.982. The third kappa shape index (κ3) is 5.48. The molecule has 35 heavy (non-hydrogen) atoms. The van der Waals surface area contributed by atoms with E-state index in [1.807, 2.05) is 6.07 Å². The Morgan fingerprint density at radius 1 is 1.03 bits per heavy atom. The summed E-state index contributed by atoms with van der Waals surface area (Å²) < 4.78 is 14.4. The molecule has 2 N–H and O–H groups in total. The lowest BCUT2D eigenvalue weighted by Gasteiger charge is -2.25. The van der Waals surface area contributed by atoms with E-state index >= 15 is 0 Å². The second-order valence-electron chi connectivity index (χ2n) is 7.76. The number of carbonyl (C=O) groups excluding carboxylic acids is 3. The Morgan fingerprint density at radius 2 is 1.71 bits per heavy atom. The maximum absolute atomic E-state index is 14.4. The molecule has 0 unspecified atom stereocenters. The van der Waals surface area contributed by atoms with Gasteiger partial charge in [-0.1, -0.05) is 72.4 Å². The molecule has 0 aromatic heterocycles. The van der Waals surface area contributed by atoms with Crippen LogP contribution >= 0.6 is 11.8 Å². The van der Waals surface area contributed by atoms with Crippen molar-refractivity contribution in [1.29, 1.82) is 5.26 Å². The van der Waals surface area contributed by atoms with Crippen molar-refractivity contribution in [3.05, 3.63) is 112 Å². The number of para-hydroxylation sites is 1. The number of ketones is 1. The van der Waals surface area contributed by atoms with Gasteiger partial charge in [-0.3, -0.25) is 14.4 Å². The van der Waals surface area contributed by atoms with Crippen LogP contribution in [-0.4, -0.2) is 23.4 Å². The molecule has 3 aromatic carbocycles. The van der Waals surface area contributed by atoms with Gasteiger partial charge >= 0.3 is 0 Å². The van der Waals surface area contributed by atoms with Crippen LogP contribution in [0.25, 0.3) is 0 Å². The van der Waals surface area contributed by atoms with E-state index in [-0.39, 0.29) is 40.0 Å². The van der Waals surface area contributed by atoms with Gasteiger partial charge in [0.15, 0.2) is 5.78 Å². The van der Waals surface area contributed by atoms with Crippen molar-refractivity contribution < 1.29 is 18.8 Å². The number of nitrogens with one attached hydrogen (secondary N) is 2. The average molecular weight is 486 g/mol. The smallest absolute Gasteiger partial charge is 0.234 e. The van der Waals surface area contributed by atoms with Crippen molar-refractivity contribution in [2.45, 2.75) is 12.3 Å². The minimum absolute atomic E-state index is 0.0605. The van der Waals surface area contributed by atoms with Gasteiger partial charge in [-0.25, -0.2) is 4.39 Å². The first-order valence-corrected chi connectivity index (χ1v) is 11.8. The highest BCUT2D eigenvalue weighted by molar-refractivity contribution is 8.03. The Labute approximate surface area is 205 Å². The third-order valence-electron chi connectivity index (χ3n) is 5.47. The minimum Gasteiger partial charge on any atom is -0.325 e. The number of halogens is 1. The average Bonchev–Trinajstić information content (AvgIpc) is 2.88. The van der Waals surface area contributed by atoms with Crippen LogP contribution in [-0.2, 0) is 9.59 Å². The summed E-state index contributed by atoms with van der Waals surface area (Å²) in [6.07, 6.45) is -0.0605. The minimum atomic E-state index is -0.732. The summed E-state index contributed by atoms with van der Waals surface area (Å²) in [4.78, 5) is 37.9. The lowest BCUT2D eigenvalue weighted by Crippen LogP contribution is -2.31. The lowest BCUT2D eigenvalue weighted by atomic mass is 9.87. The van der Waals surface area contributed by atoms with Gasteiger partial charge in [0.25, 0.3) is 0 Å². The Morgan fingerprint density at radius 3 is 2.46 bits per heavy atom. The van der Waals surface area contributed by atoms with Gasteiger partial charge in [0.05, 0.1) is 28.1 Å². The van der Waals surface area contributed by atoms with Crippen LogP contribution in [0.3, 0.4) is 0 Å². The number of amides is 2. The Bertz CT molecular complexity index is 1370. The first-order valence-electron chi connectivity index (χ1n) is 10.8. The van der Waals surface area contributed by atoms with Crippen molar-refractivity contribution in [2.75, 3.05) is 11.1 Å². The van der Waals surface area contributed by atoms with Gasteiger partial charge in [0.2, 0.25) is 11.8 Å². The maximum Gasteiger partial charge on any atom is 0.234 e. The first kappa shape index (κ1) is 23.9. The van der Waals surface area contributed by atoms with Crippen molar-refractivity contribution >= 4 is 35.0 Å². The Kier molecular flexibility index (Phi) is 7.38. The molecule has 0 aliphatic carbocycles. The molecule has 6 nitrogen and oxygen atoms in total. The van der Waals surface area contributed by atoms with Crippen molar-refractivity contribution in [3.63, 3.8) is 0 Å². The molecule has 174 valence electrons. The first-order chi connectivity index (χ1) is 17.0. The van der Waals surface area contributed by atoms with Crippen LogP contribution < -0.4 is 10.6 Å². The SMILES string of the molecule is N#CC1=C(SCC(=O)Nc2ccccc2C(=O)c2ccccc2)NC(=O)C[C@@H]1c1ccccc1F. The number of benzene rings is 3. The number of nitrogens with zero attached hydrogens (tertiary/aromatic N) is 1. The molecule has 1 aliphatic heterocycles. The molecule has 1 aliphatic rings. The molecule has 1 atom stereocenters. The zero-order chi connectivity index (χ0) is 24.8. The molecular formula is C27H20FN3O3S. The van der Waals surface area contributed by atoms with Gasteiger partial charge in [0.1, 0.15) is 5.82 Å². The van der Waals surface area contributed by atoms with E-state index in [1.54, 1.807) is 60.7 Å². The molecule has 3 aromatic rings. The summed E-state index contributed by atoms with van der Waals surface area (Å²) in [5, 5.41) is 15.3. The summed E-state index contributed by atoms with van der Waals surface area (Å²) in [6.45, 7) is 0. The molecule has 0 fully saturated rings. The number of nitriles is 1. The fourth-order valence-corrected chi connectivity index (χ4v) is 4.69. The Hall–Kier alpha value is -4.22. The van der Waals surface area contributed by atoms with Crippen LogP contribution in [0, 0.1) is 17.1 Å². The number of hydrogen-bond donors (Lipinski definition) is 2. The number of hydrogen-bond acceptors (Lipinski definition) is 5. The molecule has 0 saturated carbocycles. The zero-order valence-corrected chi connectivity index (χ0v) is 19.3. The lowest BCUT2D eigenvalue weighted by molar-refractivity contribution is -0.121. The van der Waals surface area contributed by atoms with Crippen molar-refractivity contribution in [2.24, 2.45) is 0 Å². The second kappa shape index (κ2) is 10.8. The van der Waals surface area contributed by atoms with Crippen LogP contribution in [0.1, 0.15) is 33.8 Å². The zero-order valence-electron chi connectivity index (χ0n) is 18.5. The monoisotopic (exact) mass is 485 g/mol. The van der Waals surface area contributed by atoms with Crippen molar-refractivity contribution in [1.82, 2.24) is 5.32 Å². The highest BCUT2D eigenvalue weighted by Crippen LogP contribution is 2.37. The van der Waals surface area contributed by atoms with Crippen LogP contribution in [0.15, 0.2) is 89.5 Å². The quantitative estimate of drug-likeness (QED) is 0.470. The van der Waals surface area contributed by atoms with E-state index in [9.17, 15) is 24.0 Å². The molecule has 4 rings (SSSR count). The van der Waals surface area contributed by atoms with E-state index in [2.05, 4.69) is 16.7 Å². The van der Waals surface area contributed by atoms with E-state index < -0.39 is 17.6 Å². The molecule has 0 radical (unpaired) electrons. The topological polar surface area (TPSA) is 99.1 Å². The highest BCUT2D eigenvalue weighted by Gasteiger charge is 2.31. The van der Waals surface area contributed by atoms with Gasteiger partial charge in [-0.05, 0) is 23.8 Å². The van der Waals surface area contributed by atoms with E-state index in [0.717, 1.165) is 11.8 Å². The van der Waals surface area contributed by atoms with Gasteiger partial charge in [0, 0.05) is 23.5 Å². The van der Waals surface area contributed by atoms with Crippen molar-refractivity contribution in [3.8, 4) is 6.07 Å². The fraction of sp³-hybridized carbons (Fsp3) is 0.111. The summed E-state index contributed by atoms with van der Waals surface area (Å²) in [6, 6.07) is 23.5. The maximum atomic E-state index is 14.4. The molecular weight excluding hydrogens is 465 g/mol. The molecule has 2 amide bonds. The molecule has 1 heterocycles. The third-order valence-corrected chi connectivity index (χ3v) is 6.48. The van der Waals surface area contributed by atoms with Crippen LogP contribution in [0.2, 0.25) is 0 Å². The standard InChI is InChI=1S/C27H20FN3O3S/c28-22-12-6-4-10-18(22)20-14-24(32)31-27(21(20)15-29)35-16-25(33)30-23-13-7-5-11-19(23)26(34)17-8-2-1-3-9-17/h1-13,20H,14,16H2,(H,30,33)(H,31,32)/t20-/m1/s1. The van der Waals surface area contributed by atoms with E-state index in [1.165, 1.54) is 12.1 Å². The van der Waals surface area contributed by atoms with Gasteiger partial charge < -0.3 is 10.6 Å². The molecule has 0 bridgehead atoms. The predicted octanol–water partition coefficient (Wildman–Crippen LogP) is 4.77. The van der Waals surface area contributed by atoms with E-state index in [0.29, 0.717) is 16.8 Å². The summed E-state index contributed by atoms with van der Waals surface area (Å²) in [5.74, 6) is -2.37. The Balaban J connectivity index is 1.51. The predicted molar refractivity (Wildman–Crippen MR) is 132 cm³/mol. The highest BCUT2D eigenvalue weighted by atomic mass is 32.2. The number of carbonyl (C=O) groups is 3. The molecule has 8 heteroatoms. The normalized spacial score (nSPS) is 15.2. The second-order valence-corrected chi connectivity index (χ2v) is 8.74. The number of allylic oxidation sites excluding steroid dienone is 1. The fourth-order valence-electron chi connectivity index (χ4n) is 3.82. The summed E-state index contributed by atoms with van der Waals surface area (Å²) in [7, 11) is 0. The molecule has 0 spiro atoms. The largest absolute Gasteiger partial charge is 0.325 e. The summed E-state index contributed by atoms with van der Waals surface area (Å²) in [5.41, 5.74) is 1.66. The number of anilines is 1.